The minimum absolute atomic E-state index is 0.205. The number of thiophene rings is 1. The molecule has 2 aromatic rings. The molecule has 6 heteroatoms. The van der Waals surface area contributed by atoms with E-state index in [-0.39, 0.29) is 5.91 Å². The maximum atomic E-state index is 12.6. The predicted molar refractivity (Wildman–Crippen MR) is 102 cm³/mol. The lowest BCUT2D eigenvalue weighted by molar-refractivity contribution is -0.129. The monoisotopic (exact) mass is 363 g/mol. The van der Waals surface area contributed by atoms with Crippen LogP contribution < -0.4 is 0 Å². The van der Waals surface area contributed by atoms with Crippen molar-refractivity contribution in [1.29, 1.82) is 0 Å². The summed E-state index contributed by atoms with van der Waals surface area (Å²) in [5.74, 6) is 1.46. The van der Waals surface area contributed by atoms with E-state index in [4.69, 9.17) is 0 Å². The average Bonchev–Trinajstić information content (AvgIpc) is 2.88. The van der Waals surface area contributed by atoms with Crippen LogP contribution in [0, 0.1) is 19.8 Å². The first-order chi connectivity index (χ1) is 11.5. The van der Waals surface area contributed by atoms with Gasteiger partial charge in [-0.3, -0.25) is 4.79 Å². The topological polar surface area (TPSA) is 46.1 Å². The van der Waals surface area contributed by atoms with E-state index in [1.54, 1.807) is 29.4 Å². The molecule has 0 saturated heterocycles. The molecule has 0 aromatic carbocycles. The van der Waals surface area contributed by atoms with Gasteiger partial charge in [0.2, 0.25) is 5.91 Å². The van der Waals surface area contributed by atoms with Crippen LogP contribution in [0.4, 0.5) is 0 Å². The summed E-state index contributed by atoms with van der Waals surface area (Å²) in [6.07, 6.45) is 6.34. The number of fused-ring (bicyclic) bond motifs is 1. The normalized spacial score (nSPS) is 21.2. The van der Waals surface area contributed by atoms with Gasteiger partial charge in [0.15, 0.2) is 0 Å². The number of aromatic nitrogens is 2. The van der Waals surface area contributed by atoms with Crippen molar-refractivity contribution in [2.75, 3.05) is 12.8 Å². The number of aryl methyl sites for hydroxylation is 2. The molecule has 0 unspecified atom stereocenters. The second kappa shape index (κ2) is 7.40. The van der Waals surface area contributed by atoms with Gasteiger partial charge in [-0.05, 0) is 51.0 Å². The van der Waals surface area contributed by atoms with E-state index in [0.29, 0.717) is 11.8 Å². The number of nitrogens with zero attached hydrogens (tertiary/aromatic N) is 3. The van der Waals surface area contributed by atoms with E-state index in [0.717, 1.165) is 34.0 Å². The maximum absolute atomic E-state index is 12.6. The standard InChI is InChI=1S/C18H25N3OS2/c1-11-5-7-14(8-6-11)21(4)15(22)9-23-17-16-12(2)13(3)24-18(16)20-10-19-17/h10-11,14H,5-9H2,1-4H3. The van der Waals surface area contributed by atoms with E-state index >= 15 is 0 Å². The molecule has 24 heavy (non-hydrogen) atoms. The average molecular weight is 364 g/mol. The Labute approximate surface area is 152 Å². The van der Waals surface area contributed by atoms with Crippen molar-refractivity contribution in [3.05, 3.63) is 16.8 Å². The molecular weight excluding hydrogens is 338 g/mol. The van der Waals surface area contributed by atoms with Crippen molar-refractivity contribution < 1.29 is 4.79 Å². The van der Waals surface area contributed by atoms with Crippen molar-refractivity contribution in [3.8, 4) is 0 Å². The number of hydrogen-bond donors (Lipinski definition) is 0. The van der Waals surface area contributed by atoms with Crippen LogP contribution in [0.25, 0.3) is 10.2 Å². The first-order valence-corrected chi connectivity index (χ1v) is 10.4. The predicted octanol–water partition coefficient (Wildman–Crippen LogP) is 4.44. The molecule has 1 aliphatic carbocycles. The van der Waals surface area contributed by atoms with E-state index < -0.39 is 0 Å². The van der Waals surface area contributed by atoms with Crippen LogP contribution in [-0.4, -0.2) is 39.6 Å². The second-order valence-corrected chi connectivity index (χ2v) is 9.02. The molecule has 0 atom stereocenters. The molecule has 3 rings (SSSR count). The fraction of sp³-hybridized carbons (Fsp3) is 0.611. The molecule has 4 nitrogen and oxygen atoms in total. The highest BCUT2D eigenvalue weighted by Gasteiger charge is 2.25. The number of amides is 1. The van der Waals surface area contributed by atoms with Crippen molar-refractivity contribution >= 4 is 39.2 Å². The minimum atomic E-state index is 0.205. The fourth-order valence-electron chi connectivity index (χ4n) is 3.32. The van der Waals surface area contributed by atoms with E-state index in [2.05, 4.69) is 30.7 Å². The van der Waals surface area contributed by atoms with Crippen LogP contribution in [0.15, 0.2) is 11.4 Å². The highest BCUT2D eigenvalue weighted by atomic mass is 32.2. The van der Waals surface area contributed by atoms with Gasteiger partial charge in [0, 0.05) is 23.4 Å². The summed E-state index contributed by atoms with van der Waals surface area (Å²) in [5, 5.41) is 2.05. The number of rotatable bonds is 4. The van der Waals surface area contributed by atoms with Gasteiger partial charge in [-0.2, -0.15) is 0 Å². The van der Waals surface area contributed by atoms with E-state index in [9.17, 15) is 4.79 Å². The van der Waals surface area contributed by atoms with Gasteiger partial charge >= 0.3 is 0 Å². The zero-order valence-corrected chi connectivity index (χ0v) is 16.5. The Morgan fingerprint density at radius 3 is 2.71 bits per heavy atom. The number of carbonyl (C=O) groups is 1. The lowest BCUT2D eigenvalue weighted by Gasteiger charge is -2.33. The molecule has 2 aromatic heterocycles. The number of thioether (sulfide) groups is 1. The van der Waals surface area contributed by atoms with Crippen molar-refractivity contribution in [2.45, 2.75) is 57.5 Å². The van der Waals surface area contributed by atoms with Crippen LogP contribution in [0.2, 0.25) is 0 Å². The Morgan fingerprint density at radius 2 is 2.00 bits per heavy atom. The second-order valence-electron chi connectivity index (χ2n) is 6.85. The SMILES string of the molecule is Cc1sc2ncnc(SCC(=O)N(C)C3CCC(C)CC3)c2c1C. The highest BCUT2D eigenvalue weighted by Crippen LogP contribution is 2.34. The molecule has 1 aliphatic rings. The zero-order chi connectivity index (χ0) is 17.3. The molecule has 0 bridgehead atoms. The third-order valence-corrected chi connectivity index (χ3v) is 7.28. The molecule has 0 N–H and O–H groups in total. The van der Waals surface area contributed by atoms with Crippen LogP contribution in [0.3, 0.4) is 0 Å². The smallest absolute Gasteiger partial charge is 0.232 e. The summed E-state index contributed by atoms with van der Waals surface area (Å²) in [6.45, 7) is 6.53. The fourth-order valence-corrected chi connectivity index (χ4v) is 5.37. The van der Waals surface area contributed by atoms with Gasteiger partial charge < -0.3 is 4.90 Å². The van der Waals surface area contributed by atoms with Crippen LogP contribution in [0.5, 0.6) is 0 Å². The van der Waals surface area contributed by atoms with Crippen LogP contribution >= 0.6 is 23.1 Å². The largest absolute Gasteiger partial charge is 0.342 e. The molecule has 1 amide bonds. The Hall–Kier alpha value is -1.14. The first kappa shape index (κ1) is 17.7. The molecule has 0 aliphatic heterocycles. The summed E-state index contributed by atoms with van der Waals surface area (Å²) in [6, 6.07) is 0.407. The third kappa shape index (κ3) is 3.59. The van der Waals surface area contributed by atoms with Crippen molar-refractivity contribution in [3.63, 3.8) is 0 Å². The van der Waals surface area contributed by atoms with Gasteiger partial charge in [-0.25, -0.2) is 9.97 Å². The molecule has 0 spiro atoms. The van der Waals surface area contributed by atoms with Gasteiger partial charge in [-0.1, -0.05) is 18.7 Å². The Kier molecular flexibility index (Phi) is 5.45. The summed E-state index contributed by atoms with van der Waals surface area (Å²) in [5.41, 5.74) is 1.24. The van der Waals surface area contributed by atoms with Gasteiger partial charge in [-0.15, -0.1) is 11.3 Å². The van der Waals surface area contributed by atoms with Crippen LogP contribution in [0.1, 0.15) is 43.0 Å². The quantitative estimate of drug-likeness (QED) is 0.595. The summed E-state index contributed by atoms with van der Waals surface area (Å²) in [4.78, 5) is 25.6. The number of hydrogen-bond acceptors (Lipinski definition) is 5. The lowest BCUT2D eigenvalue weighted by Crippen LogP contribution is -2.40. The first-order valence-electron chi connectivity index (χ1n) is 8.56. The zero-order valence-electron chi connectivity index (χ0n) is 14.8. The molecule has 1 fully saturated rings. The van der Waals surface area contributed by atoms with E-state index in [1.807, 2.05) is 11.9 Å². The molecular formula is C18H25N3OS2. The molecule has 0 radical (unpaired) electrons. The third-order valence-electron chi connectivity index (χ3n) is 5.19. The van der Waals surface area contributed by atoms with Gasteiger partial charge in [0.05, 0.1) is 5.75 Å². The van der Waals surface area contributed by atoms with Crippen molar-refractivity contribution in [1.82, 2.24) is 14.9 Å². The highest BCUT2D eigenvalue weighted by molar-refractivity contribution is 8.00. The summed E-state index contributed by atoms with van der Waals surface area (Å²) >= 11 is 3.24. The molecule has 2 heterocycles. The van der Waals surface area contributed by atoms with Crippen LogP contribution in [-0.2, 0) is 4.79 Å². The van der Waals surface area contributed by atoms with Crippen molar-refractivity contribution in [2.24, 2.45) is 5.92 Å². The Morgan fingerprint density at radius 1 is 1.29 bits per heavy atom. The Bertz CT molecular complexity index is 735. The maximum Gasteiger partial charge on any atom is 0.232 e. The molecule has 130 valence electrons. The number of carbonyl (C=O) groups excluding carboxylic acids is 1. The minimum Gasteiger partial charge on any atom is -0.342 e. The summed E-state index contributed by atoms with van der Waals surface area (Å²) in [7, 11) is 1.96. The van der Waals surface area contributed by atoms with Gasteiger partial charge in [0.1, 0.15) is 16.2 Å². The lowest BCUT2D eigenvalue weighted by atomic mass is 9.87. The van der Waals surface area contributed by atoms with E-state index in [1.165, 1.54) is 23.3 Å². The summed E-state index contributed by atoms with van der Waals surface area (Å²) < 4.78 is 0. The molecule has 1 saturated carbocycles. The van der Waals surface area contributed by atoms with Gasteiger partial charge in [0.25, 0.3) is 0 Å². The Balaban J connectivity index is 1.66.